The van der Waals surface area contributed by atoms with E-state index in [4.69, 9.17) is 4.74 Å². The molecule has 7 heteroatoms. The highest BCUT2D eigenvalue weighted by molar-refractivity contribution is 14.0. The minimum absolute atomic E-state index is 0. The van der Waals surface area contributed by atoms with Gasteiger partial charge in [0.25, 0.3) is 0 Å². The van der Waals surface area contributed by atoms with Crippen LogP contribution in [0.1, 0.15) is 38.7 Å². The summed E-state index contributed by atoms with van der Waals surface area (Å²) in [7, 11) is 0. The Kier molecular flexibility index (Phi) is 12.8. The van der Waals surface area contributed by atoms with Crippen molar-refractivity contribution in [1.29, 1.82) is 0 Å². The fourth-order valence-electron chi connectivity index (χ4n) is 2.02. The fraction of sp³-hybridized carbons (Fsp3) is 0.588. The lowest BCUT2D eigenvalue weighted by Gasteiger charge is -2.14. The number of guanidine groups is 1. The average Bonchev–Trinajstić information content (AvgIpc) is 2.54. The molecule has 24 heavy (non-hydrogen) atoms. The topological polar surface area (TPSA) is 45.7 Å². The van der Waals surface area contributed by atoms with E-state index >= 15 is 0 Å². The van der Waals surface area contributed by atoms with E-state index in [1.807, 2.05) is 20.8 Å². The summed E-state index contributed by atoms with van der Waals surface area (Å²) in [5.41, 5.74) is 0.736. The zero-order valence-electron chi connectivity index (χ0n) is 14.6. The van der Waals surface area contributed by atoms with Gasteiger partial charge in [-0.2, -0.15) is 0 Å². The van der Waals surface area contributed by atoms with Gasteiger partial charge in [-0.25, -0.2) is 8.78 Å². The van der Waals surface area contributed by atoms with E-state index in [0.29, 0.717) is 13.2 Å². The molecule has 2 N–H and O–H groups in total. The Hall–Kier alpha value is -0.960. The molecule has 0 aliphatic heterocycles. The van der Waals surface area contributed by atoms with Gasteiger partial charge in [-0.3, -0.25) is 4.99 Å². The zero-order valence-corrected chi connectivity index (χ0v) is 16.9. The van der Waals surface area contributed by atoms with Gasteiger partial charge in [0.05, 0.1) is 0 Å². The quantitative estimate of drug-likeness (QED) is 0.259. The van der Waals surface area contributed by atoms with Crippen molar-refractivity contribution in [2.75, 3.05) is 32.8 Å². The molecule has 0 radical (unpaired) electrons. The standard InChI is InChI=1S/C17H27F2N3O.HI/c1-4-20-17(21-9-6-10-23-5-2)22-12-13(3)14-7-8-15(18)16(19)11-14;/h7-8,11,13H,4-6,9-10,12H2,1-3H3,(H2,20,21,22);1H. The van der Waals surface area contributed by atoms with Crippen molar-refractivity contribution in [3.63, 3.8) is 0 Å². The maximum Gasteiger partial charge on any atom is 0.191 e. The lowest BCUT2D eigenvalue weighted by molar-refractivity contribution is 0.145. The Bertz CT molecular complexity index is 501. The second-order valence-corrected chi connectivity index (χ2v) is 5.27. The minimum Gasteiger partial charge on any atom is -0.382 e. The van der Waals surface area contributed by atoms with Gasteiger partial charge < -0.3 is 15.4 Å². The molecule has 0 aliphatic carbocycles. The second-order valence-electron chi connectivity index (χ2n) is 5.27. The lowest BCUT2D eigenvalue weighted by atomic mass is 10.0. The van der Waals surface area contributed by atoms with E-state index in [9.17, 15) is 8.78 Å². The van der Waals surface area contributed by atoms with E-state index in [1.54, 1.807) is 6.07 Å². The van der Waals surface area contributed by atoms with Gasteiger partial charge in [0.2, 0.25) is 0 Å². The Labute approximate surface area is 160 Å². The zero-order chi connectivity index (χ0) is 17.1. The maximum atomic E-state index is 13.3. The predicted molar refractivity (Wildman–Crippen MR) is 105 cm³/mol. The number of ether oxygens (including phenoxy) is 1. The Morgan fingerprint density at radius 1 is 1.21 bits per heavy atom. The molecule has 1 aromatic carbocycles. The molecule has 1 aromatic rings. The van der Waals surface area contributed by atoms with Crippen molar-refractivity contribution >= 4 is 29.9 Å². The van der Waals surface area contributed by atoms with Gasteiger partial charge >= 0.3 is 0 Å². The minimum atomic E-state index is -0.825. The molecule has 0 saturated heterocycles. The van der Waals surface area contributed by atoms with Crippen molar-refractivity contribution < 1.29 is 13.5 Å². The van der Waals surface area contributed by atoms with Crippen LogP contribution in [-0.2, 0) is 4.74 Å². The van der Waals surface area contributed by atoms with Crippen LogP contribution >= 0.6 is 24.0 Å². The smallest absolute Gasteiger partial charge is 0.191 e. The van der Waals surface area contributed by atoms with Crippen LogP contribution in [0.15, 0.2) is 23.2 Å². The van der Waals surface area contributed by atoms with Crippen LogP contribution in [0.4, 0.5) is 8.78 Å². The summed E-state index contributed by atoms with van der Waals surface area (Å²) in [5.74, 6) is -0.921. The second kappa shape index (κ2) is 13.3. The number of nitrogens with one attached hydrogen (secondary N) is 2. The van der Waals surface area contributed by atoms with Crippen LogP contribution in [-0.4, -0.2) is 38.8 Å². The third kappa shape index (κ3) is 8.77. The highest BCUT2D eigenvalue weighted by Crippen LogP contribution is 2.18. The summed E-state index contributed by atoms with van der Waals surface area (Å²) in [6.45, 7) is 9.37. The first-order valence-electron chi connectivity index (χ1n) is 8.13. The van der Waals surface area contributed by atoms with E-state index in [1.165, 1.54) is 6.07 Å². The van der Waals surface area contributed by atoms with Gasteiger partial charge in [-0.05, 0) is 38.0 Å². The Morgan fingerprint density at radius 3 is 2.58 bits per heavy atom. The van der Waals surface area contributed by atoms with Gasteiger partial charge in [0, 0.05) is 38.8 Å². The molecule has 0 aliphatic rings. The number of hydrogen-bond acceptors (Lipinski definition) is 2. The van der Waals surface area contributed by atoms with E-state index in [-0.39, 0.29) is 29.9 Å². The number of hydrogen-bond donors (Lipinski definition) is 2. The third-order valence-electron chi connectivity index (χ3n) is 3.34. The molecule has 1 rings (SSSR count). The molecule has 1 unspecified atom stereocenters. The van der Waals surface area contributed by atoms with Crippen molar-refractivity contribution in [3.8, 4) is 0 Å². The van der Waals surface area contributed by atoms with Gasteiger partial charge in [-0.15, -0.1) is 24.0 Å². The first-order chi connectivity index (χ1) is 11.1. The molecule has 0 amide bonds. The fourth-order valence-corrected chi connectivity index (χ4v) is 2.02. The summed E-state index contributed by atoms with van der Waals surface area (Å²) < 4.78 is 31.5. The molecular formula is C17H28F2IN3O. The monoisotopic (exact) mass is 455 g/mol. The Balaban J connectivity index is 0.00000529. The van der Waals surface area contributed by atoms with Crippen molar-refractivity contribution in [2.45, 2.75) is 33.1 Å². The van der Waals surface area contributed by atoms with Crippen LogP contribution in [0.25, 0.3) is 0 Å². The summed E-state index contributed by atoms with van der Waals surface area (Å²) >= 11 is 0. The largest absolute Gasteiger partial charge is 0.382 e. The van der Waals surface area contributed by atoms with Crippen molar-refractivity contribution in [3.05, 3.63) is 35.4 Å². The first-order valence-corrected chi connectivity index (χ1v) is 8.13. The molecule has 1 atom stereocenters. The molecule has 0 bridgehead atoms. The number of aliphatic imine (C=N–C) groups is 1. The first kappa shape index (κ1) is 23.0. The number of nitrogens with zero attached hydrogens (tertiary/aromatic N) is 1. The van der Waals surface area contributed by atoms with Crippen LogP contribution in [0, 0.1) is 11.6 Å². The van der Waals surface area contributed by atoms with E-state index in [0.717, 1.165) is 43.7 Å². The van der Waals surface area contributed by atoms with Crippen molar-refractivity contribution in [2.24, 2.45) is 4.99 Å². The highest BCUT2D eigenvalue weighted by atomic mass is 127. The summed E-state index contributed by atoms with van der Waals surface area (Å²) in [4.78, 5) is 4.50. The van der Waals surface area contributed by atoms with Crippen LogP contribution in [0.3, 0.4) is 0 Å². The molecular weight excluding hydrogens is 427 g/mol. The predicted octanol–water partition coefficient (Wildman–Crippen LogP) is 3.67. The number of benzene rings is 1. The maximum absolute atomic E-state index is 13.3. The normalized spacial score (nSPS) is 12.5. The molecule has 0 heterocycles. The van der Waals surface area contributed by atoms with E-state index < -0.39 is 11.6 Å². The van der Waals surface area contributed by atoms with Crippen LogP contribution in [0.5, 0.6) is 0 Å². The van der Waals surface area contributed by atoms with Gasteiger partial charge in [0.1, 0.15) is 0 Å². The van der Waals surface area contributed by atoms with E-state index in [2.05, 4.69) is 15.6 Å². The number of halogens is 3. The third-order valence-corrected chi connectivity index (χ3v) is 3.34. The lowest BCUT2D eigenvalue weighted by Crippen LogP contribution is -2.38. The van der Waals surface area contributed by atoms with Gasteiger partial charge in [0.15, 0.2) is 17.6 Å². The molecule has 0 spiro atoms. The molecule has 0 fully saturated rings. The molecule has 138 valence electrons. The SMILES string of the molecule is CCNC(=NCC(C)c1ccc(F)c(F)c1)NCCCOCC.I. The average molecular weight is 455 g/mol. The molecule has 4 nitrogen and oxygen atoms in total. The van der Waals surface area contributed by atoms with Crippen molar-refractivity contribution in [1.82, 2.24) is 10.6 Å². The summed E-state index contributed by atoms with van der Waals surface area (Å²) in [5, 5.41) is 6.40. The van der Waals surface area contributed by atoms with Gasteiger partial charge in [-0.1, -0.05) is 13.0 Å². The summed E-state index contributed by atoms with van der Waals surface area (Å²) in [6, 6.07) is 3.99. The van der Waals surface area contributed by atoms with Crippen LogP contribution < -0.4 is 10.6 Å². The molecule has 0 aromatic heterocycles. The summed E-state index contributed by atoms with van der Waals surface area (Å²) in [6.07, 6.45) is 0.900. The highest BCUT2D eigenvalue weighted by Gasteiger charge is 2.09. The Morgan fingerprint density at radius 2 is 1.96 bits per heavy atom. The van der Waals surface area contributed by atoms with Crippen LogP contribution in [0.2, 0.25) is 0 Å². The number of rotatable bonds is 9. The molecule has 0 saturated carbocycles.